The molecule has 2 aliphatic heterocycles. The Bertz CT molecular complexity index is 121. The van der Waals surface area contributed by atoms with Gasteiger partial charge in [-0.05, 0) is 6.42 Å². The van der Waals surface area contributed by atoms with Crippen molar-refractivity contribution in [1.29, 1.82) is 0 Å². The summed E-state index contributed by atoms with van der Waals surface area (Å²) in [7, 11) is 0. The molecule has 0 atom stereocenters. The number of rotatable bonds is 1. The van der Waals surface area contributed by atoms with Gasteiger partial charge in [0.2, 0.25) is 0 Å². The highest BCUT2D eigenvalue weighted by Gasteiger charge is 2.48. The third kappa shape index (κ3) is 1.05. The molecule has 0 N–H and O–H groups in total. The van der Waals surface area contributed by atoms with Crippen LogP contribution in [-0.4, -0.2) is 31.7 Å². The van der Waals surface area contributed by atoms with Gasteiger partial charge in [-0.15, -0.1) is 0 Å². The molecule has 0 amide bonds. The van der Waals surface area contributed by atoms with Gasteiger partial charge in [0.25, 0.3) is 0 Å². The third-order valence-corrected chi connectivity index (χ3v) is 1.95. The van der Waals surface area contributed by atoms with Gasteiger partial charge in [0, 0.05) is 0 Å². The summed E-state index contributed by atoms with van der Waals surface area (Å²) in [6, 6.07) is 0. The van der Waals surface area contributed by atoms with Crippen LogP contribution in [0, 0.1) is 0 Å². The second kappa shape index (κ2) is 2.19. The van der Waals surface area contributed by atoms with Gasteiger partial charge >= 0.3 is 0 Å². The van der Waals surface area contributed by atoms with Crippen LogP contribution >= 0.6 is 0 Å². The number of hydrogen-bond acceptors (Lipinski definition) is 3. The molecule has 58 valence electrons. The second-order valence-electron chi connectivity index (χ2n) is 2.93. The Kier molecular flexibility index (Phi) is 1.44. The fourth-order valence-electron chi connectivity index (χ4n) is 1.08. The first-order chi connectivity index (χ1) is 4.85. The van der Waals surface area contributed by atoms with Crippen LogP contribution in [0.1, 0.15) is 13.3 Å². The van der Waals surface area contributed by atoms with Gasteiger partial charge in [-0.2, -0.15) is 0 Å². The average molecular weight is 144 g/mol. The fraction of sp³-hybridized carbons (Fsp3) is 1.00. The van der Waals surface area contributed by atoms with Gasteiger partial charge in [-0.3, -0.25) is 0 Å². The maximum atomic E-state index is 5.36. The number of ether oxygens (including phenoxy) is 3. The van der Waals surface area contributed by atoms with E-state index in [0.717, 1.165) is 13.0 Å². The lowest BCUT2D eigenvalue weighted by Crippen LogP contribution is -2.37. The molecular formula is C7H12O3. The van der Waals surface area contributed by atoms with Gasteiger partial charge < -0.3 is 14.2 Å². The average Bonchev–Trinajstić information content (AvgIpc) is 2.72. The molecular weight excluding hydrogens is 132 g/mol. The molecule has 3 nitrogen and oxygen atoms in total. The molecule has 1 spiro atoms. The largest absolute Gasteiger partial charge is 0.365 e. The van der Waals surface area contributed by atoms with E-state index < -0.39 is 0 Å². The molecule has 2 fully saturated rings. The topological polar surface area (TPSA) is 31.0 Å². The highest BCUT2D eigenvalue weighted by Crippen LogP contribution is 2.32. The van der Waals surface area contributed by atoms with Crippen molar-refractivity contribution in [3.63, 3.8) is 0 Å². The highest BCUT2D eigenvalue weighted by molar-refractivity contribution is 4.93. The predicted octanol–water partition coefficient (Wildman–Crippen LogP) is 0.538. The smallest absolute Gasteiger partial charge is 0.157 e. The van der Waals surface area contributed by atoms with Crippen LogP contribution in [0.25, 0.3) is 0 Å². The molecule has 0 aromatic carbocycles. The van der Waals surface area contributed by atoms with Gasteiger partial charge in [0.15, 0.2) is 6.29 Å². The van der Waals surface area contributed by atoms with Crippen LogP contribution in [0.4, 0.5) is 0 Å². The lowest BCUT2D eigenvalue weighted by atomic mass is 10.2. The molecule has 0 saturated carbocycles. The van der Waals surface area contributed by atoms with Gasteiger partial charge in [-0.1, -0.05) is 6.92 Å². The van der Waals surface area contributed by atoms with Crippen LogP contribution in [-0.2, 0) is 14.2 Å². The lowest BCUT2D eigenvalue weighted by molar-refractivity contribution is -0.205. The van der Waals surface area contributed by atoms with Crippen LogP contribution in [0.3, 0.4) is 0 Å². The Morgan fingerprint density at radius 3 is 2.30 bits per heavy atom. The highest BCUT2D eigenvalue weighted by atomic mass is 16.7. The Labute approximate surface area is 60.3 Å². The molecule has 0 aromatic heterocycles. The number of hydrogen-bond donors (Lipinski definition) is 0. The first kappa shape index (κ1) is 6.58. The van der Waals surface area contributed by atoms with E-state index >= 15 is 0 Å². The molecule has 2 saturated heterocycles. The molecule has 0 radical (unpaired) electrons. The van der Waals surface area contributed by atoms with E-state index in [2.05, 4.69) is 6.92 Å². The monoisotopic (exact) mass is 144 g/mol. The van der Waals surface area contributed by atoms with Gasteiger partial charge in [0.05, 0.1) is 19.8 Å². The van der Waals surface area contributed by atoms with Crippen molar-refractivity contribution >= 4 is 0 Å². The van der Waals surface area contributed by atoms with Crippen molar-refractivity contribution in [2.75, 3.05) is 19.8 Å². The zero-order valence-corrected chi connectivity index (χ0v) is 6.13. The van der Waals surface area contributed by atoms with Gasteiger partial charge in [0.1, 0.15) is 5.60 Å². The summed E-state index contributed by atoms with van der Waals surface area (Å²) >= 11 is 0. The van der Waals surface area contributed by atoms with Crippen LogP contribution in [0.2, 0.25) is 0 Å². The first-order valence-electron chi connectivity index (χ1n) is 3.72. The van der Waals surface area contributed by atoms with E-state index in [1.807, 2.05) is 0 Å². The van der Waals surface area contributed by atoms with Crippen molar-refractivity contribution < 1.29 is 14.2 Å². The van der Waals surface area contributed by atoms with E-state index in [1.54, 1.807) is 0 Å². The Hall–Kier alpha value is -0.120. The van der Waals surface area contributed by atoms with Crippen molar-refractivity contribution in [2.24, 2.45) is 0 Å². The normalized spacial score (nSPS) is 45.9. The van der Waals surface area contributed by atoms with E-state index in [-0.39, 0.29) is 11.9 Å². The van der Waals surface area contributed by atoms with Crippen LogP contribution in [0.15, 0.2) is 0 Å². The first-order valence-corrected chi connectivity index (χ1v) is 3.72. The molecule has 2 heterocycles. The second-order valence-corrected chi connectivity index (χ2v) is 2.93. The summed E-state index contributed by atoms with van der Waals surface area (Å²) < 4.78 is 15.9. The molecule has 0 bridgehead atoms. The SMILES string of the molecule is CCC1OCC2(CO1)CO2. The summed E-state index contributed by atoms with van der Waals surface area (Å²) in [5.41, 5.74) is -0.0360. The van der Waals surface area contributed by atoms with Crippen molar-refractivity contribution in [2.45, 2.75) is 25.2 Å². The summed E-state index contributed by atoms with van der Waals surface area (Å²) in [6.07, 6.45) is 0.936. The van der Waals surface area contributed by atoms with E-state index in [1.165, 1.54) is 0 Å². The molecule has 0 aromatic rings. The zero-order chi connectivity index (χ0) is 7.03. The quantitative estimate of drug-likeness (QED) is 0.503. The molecule has 2 rings (SSSR count). The van der Waals surface area contributed by atoms with Crippen molar-refractivity contribution in [1.82, 2.24) is 0 Å². The maximum absolute atomic E-state index is 5.36. The minimum absolute atomic E-state index is 0.00910. The third-order valence-electron chi connectivity index (χ3n) is 1.95. The molecule has 3 heteroatoms. The summed E-state index contributed by atoms with van der Waals surface area (Å²) in [5, 5.41) is 0. The van der Waals surface area contributed by atoms with Gasteiger partial charge in [-0.25, -0.2) is 0 Å². The minimum Gasteiger partial charge on any atom is -0.365 e. The maximum Gasteiger partial charge on any atom is 0.157 e. The molecule has 0 unspecified atom stereocenters. The van der Waals surface area contributed by atoms with Crippen LogP contribution < -0.4 is 0 Å². The van der Waals surface area contributed by atoms with E-state index in [0.29, 0.717) is 13.2 Å². The van der Waals surface area contributed by atoms with E-state index in [9.17, 15) is 0 Å². The molecule has 2 aliphatic rings. The van der Waals surface area contributed by atoms with Crippen molar-refractivity contribution in [3.05, 3.63) is 0 Å². The van der Waals surface area contributed by atoms with E-state index in [4.69, 9.17) is 14.2 Å². The minimum atomic E-state index is -0.0360. The molecule has 0 aliphatic carbocycles. The summed E-state index contributed by atoms with van der Waals surface area (Å²) in [5.74, 6) is 0. The van der Waals surface area contributed by atoms with Crippen molar-refractivity contribution in [3.8, 4) is 0 Å². The zero-order valence-electron chi connectivity index (χ0n) is 6.13. The standard InChI is InChI=1S/C7H12O3/c1-2-6-8-3-7(4-9-6)5-10-7/h6H,2-5H2,1H3. The van der Waals surface area contributed by atoms with Crippen LogP contribution in [0.5, 0.6) is 0 Å². The predicted molar refractivity (Wildman–Crippen MR) is 34.7 cm³/mol. The lowest BCUT2D eigenvalue weighted by Gasteiger charge is -2.26. The summed E-state index contributed by atoms with van der Waals surface area (Å²) in [6.45, 7) is 4.29. The Morgan fingerprint density at radius 1 is 1.30 bits per heavy atom. The Balaban J connectivity index is 1.84. The number of epoxide rings is 1. The summed E-state index contributed by atoms with van der Waals surface area (Å²) in [4.78, 5) is 0. The molecule has 10 heavy (non-hydrogen) atoms. The Morgan fingerprint density at radius 2 is 1.90 bits per heavy atom. The fourth-order valence-corrected chi connectivity index (χ4v) is 1.08.